The molecule has 7 nitrogen and oxygen atoms in total. The van der Waals surface area contributed by atoms with E-state index in [1.54, 1.807) is 25.4 Å². The first-order valence-electron chi connectivity index (χ1n) is 6.39. The number of nitrogens with one attached hydrogen (secondary N) is 2. The fourth-order valence-corrected chi connectivity index (χ4v) is 1.73. The van der Waals surface area contributed by atoms with Crippen molar-refractivity contribution in [3.63, 3.8) is 0 Å². The predicted octanol–water partition coefficient (Wildman–Crippen LogP) is 2.05. The van der Waals surface area contributed by atoms with Crippen LogP contribution >= 0.6 is 0 Å². The minimum atomic E-state index is -0.416. The number of aliphatic imine (C=N–C) groups is 1. The summed E-state index contributed by atoms with van der Waals surface area (Å²) in [5.74, 6) is 1.44. The largest absolute Gasteiger partial charge is 0.467 e. The van der Waals surface area contributed by atoms with Gasteiger partial charge in [0, 0.05) is 25.7 Å². The molecule has 0 bridgehead atoms. The molecule has 0 aliphatic heterocycles. The summed E-state index contributed by atoms with van der Waals surface area (Å²) in [4.78, 5) is 14.3. The van der Waals surface area contributed by atoms with Gasteiger partial charge in [0.1, 0.15) is 5.76 Å². The third-order valence-electron chi connectivity index (χ3n) is 2.84. The number of rotatable bonds is 5. The number of furan rings is 1. The summed E-state index contributed by atoms with van der Waals surface area (Å²) in [6.45, 7) is 1.06. The second-order valence-corrected chi connectivity index (χ2v) is 4.28. The van der Waals surface area contributed by atoms with Gasteiger partial charge in [-0.25, -0.2) is 0 Å². The number of nitro groups is 1. The lowest BCUT2D eigenvalue weighted by atomic mass is 10.2. The summed E-state index contributed by atoms with van der Waals surface area (Å²) in [7, 11) is 1.67. The van der Waals surface area contributed by atoms with Crippen LogP contribution in [-0.2, 0) is 13.1 Å². The molecule has 1 heterocycles. The number of non-ortho nitro benzene ring substituents is 1. The predicted molar refractivity (Wildman–Crippen MR) is 78.8 cm³/mol. The van der Waals surface area contributed by atoms with Gasteiger partial charge in [0.2, 0.25) is 0 Å². The van der Waals surface area contributed by atoms with Gasteiger partial charge in [0.25, 0.3) is 5.69 Å². The van der Waals surface area contributed by atoms with E-state index in [2.05, 4.69) is 15.6 Å². The maximum Gasteiger partial charge on any atom is 0.269 e. The van der Waals surface area contributed by atoms with Crippen LogP contribution in [0.3, 0.4) is 0 Å². The number of nitrogens with zero attached hydrogens (tertiary/aromatic N) is 2. The van der Waals surface area contributed by atoms with Crippen LogP contribution in [0.2, 0.25) is 0 Å². The van der Waals surface area contributed by atoms with Crippen LogP contribution in [0.25, 0.3) is 0 Å². The van der Waals surface area contributed by atoms with Crippen molar-refractivity contribution in [1.82, 2.24) is 10.6 Å². The molecule has 2 rings (SSSR count). The fourth-order valence-electron chi connectivity index (χ4n) is 1.73. The SMILES string of the molecule is CN=C(NCc1ccc([N+](=O)[O-])cc1)NCc1ccco1. The minimum Gasteiger partial charge on any atom is -0.467 e. The topological polar surface area (TPSA) is 92.7 Å². The second kappa shape index (κ2) is 7.09. The van der Waals surface area contributed by atoms with E-state index >= 15 is 0 Å². The number of nitro benzene ring substituents is 1. The van der Waals surface area contributed by atoms with Gasteiger partial charge in [-0.05, 0) is 17.7 Å². The lowest BCUT2D eigenvalue weighted by Crippen LogP contribution is -2.36. The van der Waals surface area contributed by atoms with Crippen molar-refractivity contribution in [2.45, 2.75) is 13.1 Å². The van der Waals surface area contributed by atoms with Crippen molar-refractivity contribution in [3.05, 3.63) is 64.1 Å². The Hall–Kier alpha value is -2.83. The standard InChI is InChI=1S/C14H16N4O3/c1-15-14(17-10-13-3-2-8-21-13)16-9-11-4-6-12(7-5-11)18(19)20/h2-8H,9-10H2,1H3,(H2,15,16,17). The van der Waals surface area contributed by atoms with Crippen LogP contribution in [0, 0.1) is 10.1 Å². The Morgan fingerprint density at radius 3 is 2.52 bits per heavy atom. The maximum atomic E-state index is 10.6. The highest BCUT2D eigenvalue weighted by Crippen LogP contribution is 2.11. The van der Waals surface area contributed by atoms with Gasteiger partial charge in [-0.3, -0.25) is 15.1 Å². The minimum absolute atomic E-state index is 0.0825. The number of guanidine groups is 1. The van der Waals surface area contributed by atoms with Crippen molar-refractivity contribution in [3.8, 4) is 0 Å². The first-order valence-corrected chi connectivity index (χ1v) is 6.39. The van der Waals surface area contributed by atoms with E-state index in [1.807, 2.05) is 12.1 Å². The lowest BCUT2D eigenvalue weighted by Gasteiger charge is -2.10. The normalized spacial score (nSPS) is 11.2. The van der Waals surface area contributed by atoms with Crippen LogP contribution in [0.4, 0.5) is 5.69 Å². The Bertz CT molecular complexity index is 606. The molecule has 0 amide bonds. The molecule has 0 spiro atoms. The fraction of sp³-hybridized carbons (Fsp3) is 0.214. The Kier molecular flexibility index (Phi) is 4.92. The molecule has 1 aromatic carbocycles. The Morgan fingerprint density at radius 2 is 1.95 bits per heavy atom. The first-order chi connectivity index (χ1) is 10.2. The molecule has 0 saturated carbocycles. The van der Waals surface area contributed by atoms with E-state index in [4.69, 9.17) is 4.42 Å². The van der Waals surface area contributed by atoms with Crippen molar-refractivity contribution in [2.24, 2.45) is 4.99 Å². The zero-order valence-electron chi connectivity index (χ0n) is 11.6. The molecule has 110 valence electrons. The van der Waals surface area contributed by atoms with E-state index in [1.165, 1.54) is 12.1 Å². The summed E-state index contributed by atoms with van der Waals surface area (Å²) < 4.78 is 5.22. The molecular formula is C14H16N4O3. The van der Waals surface area contributed by atoms with Gasteiger partial charge >= 0.3 is 0 Å². The second-order valence-electron chi connectivity index (χ2n) is 4.28. The Morgan fingerprint density at radius 1 is 1.24 bits per heavy atom. The Balaban J connectivity index is 1.83. The molecule has 0 unspecified atom stereocenters. The first kappa shape index (κ1) is 14.6. The van der Waals surface area contributed by atoms with Crippen LogP contribution in [0.15, 0.2) is 52.1 Å². The van der Waals surface area contributed by atoms with Crippen LogP contribution in [0.5, 0.6) is 0 Å². The third kappa shape index (κ3) is 4.34. The molecule has 0 aliphatic carbocycles. The Labute approximate surface area is 121 Å². The molecular weight excluding hydrogens is 272 g/mol. The number of hydrogen-bond donors (Lipinski definition) is 2. The van der Waals surface area contributed by atoms with E-state index < -0.39 is 4.92 Å². The number of hydrogen-bond acceptors (Lipinski definition) is 4. The van der Waals surface area contributed by atoms with E-state index in [0.717, 1.165) is 11.3 Å². The molecule has 2 N–H and O–H groups in total. The molecule has 0 saturated heterocycles. The third-order valence-corrected chi connectivity index (χ3v) is 2.84. The van der Waals surface area contributed by atoms with Gasteiger partial charge in [-0.1, -0.05) is 12.1 Å². The summed E-state index contributed by atoms with van der Waals surface area (Å²) in [5.41, 5.74) is 1.01. The van der Waals surface area contributed by atoms with Crippen LogP contribution < -0.4 is 10.6 Å². The number of benzene rings is 1. The van der Waals surface area contributed by atoms with Gasteiger partial charge < -0.3 is 15.1 Å². The zero-order chi connectivity index (χ0) is 15.1. The molecule has 0 atom stereocenters. The molecule has 2 aromatic rings. The van der Waals surface area contributed by atoms with E-state index in [0.29, 0.717) is 19.0 Å². The van der Waals surface area contributed by atoms with E-state index in [-0.39, 0.29) is 5.69 Å². The molecule has 0 fully saturated rings. The molecule has 7 heteroatoms. The molecule has 21 heavy (non-hydrogen) atoms. The summed E-state index contributed by atoms with van der Waals surface area (Å²) in [6, 6.07) is 10.1. The summed E-state index contributed by atoms with van der Waals surface area (Å²) >= 11 is 0. The van der Waals surface area contributed by atoms with Crippen molar-refractivity contribution in [2.75, 3.05) is 7.05 Å². The summed E-state index contributed by atoms with van der Waals surface area (Å²) in [6.07, 6.45) is 1.62. The quantitative estimate of drug-likeness (QED) is 0.380. The molecule has 0 radical (unpaired) electrons. The van der Waals surface area contributed by atoms with Gasteiger partial charge in [0.05, 0.1) is 17.7 Å². The van der Waals surface area contributed by atoms with Crippen molar-refractivity contribution in [1.29, 1.82) is 0 Å². The van der Waals surface area contributed by atoms with Crippen molar-refractivity contribution >= 4 is 11.6 Å². The summed E-state index contributed by atoms with van der Waals surface area (Å²) in [5, 5.41) is 16.8. The van der Waals surface area contributed by atoms with Gasteiger partial charge in [-0.15, -0.1) is 0 Å². The maximum absolute atomic E-state index is 10.6. The monoisotopic (exact) mass is 288 g/mol. The van der Waals surface area contributed by atoms with Gasteiger partial charge in [-0.2, -0.15) is 0 Å². The lowest BCUT2D eigenvalue weighted by molar-refractivity contribution is -0.384. The van der Waals surface area contributed by atoms with Crippen LogP contribution in [0.1, 0.15) is 11.3 Å². The van der Waals surface area contributed by atoms with Crippen LogP contribution in [-0.4, -0.2) is 17.9 Å². The molecule has 1 aromatic heterocycles. The highest BCUT2D eigenvalue weighted by molar-refractivity contribution is 5.79. The zero-order valence-corrected chi connectivity index (χ0v) is 11.6. The average Bonchev–Trinajstić information content (AvgIpc) is 3.01. The van der Waals surface area contributed by atoms with Gasteiger partial charge in [0.15, 0.2) is 5.96 Å². The molecule has 0 aliphatic rings. The smallest absolute Gasteiger partial charge is 0.269 e. The highest BCUT2D eigenvalue weighted by atomic mass is 16.6. The van der Waals surface area contributed by atoms with E-state index in [9.17, 15) is 10.1 Å². The highest BCUT2D eigenvalue weighted by Gasteiger charge is 2.04. The average molecular weight is 288 g/mol. The van der Waals surface area contributed by atoms with Crippen molar-refractivity contribution < 1.29 is 9.34 Å².